The fourth-order valence-electron chi connectivity index (χ4n) is 1.77. The summed E-state index contributed by atoms with van der Waals surface area (Å²) in [5, 5.41) is 0. The Morgan fingerprint density at radius 1 is 1.20 bits per heavy atom. The van der Waals surface area contributed by atoms with Crippen molar-refractivity contribution in [2.24, 2.45) is 0 Å². The standard InChI is InChI=1S/C13H22N2/c1-4-15(5-2)9-8-12-10-11(3)6-7-13(12)14/h6-7,10H,4-5,8-9,14H2,1-3H3. The van der Waals surface area contributed by atoms with Gasteiger partial charge in [0.15, 0.2) is 0 Å². The van der Waals surface area contributed by atoms with Crippen LogP contribution in [0.5, 0.6) is 0 Å². The normalized spacial score (nSPS) is 10.9. The maximum atomic E-state index is 5.94. The van der Waals surface area contributed by atoms with Crippen LogP contribution in [0.2, 0.25) is 0 Å². The van der Waals surface area contributed by atoms with E-state index in [1.165, 1.54) is 11.1 Å². The lowest BCUT2D eigenvalue weighted by Gasteiger charge is -2.18. The summed E-state index contributed by atoms with van der Waals surface area (Å²) in [6, 6.07) is 6.27. The van der Waals surface area contributed by atoms with Gasteiger partial charge in [0.05, 0.1) is 0 Å². The average Bonchev–Trinajstić information content (AvgIpc) is 2.24. The zero-order chi connectivity index (χ0) is 11.3. The van der Waals surface area contributed by atoms with Gasteiger partial charge >= 0.3 is 0 Å². The van der Waals surface area contributed by atoms with Gasteiger partial charge in [-0.25, -0.2) is 0 Å². The lowest BCUT2D eigenvalue weighted by atomic mass is 10.1. The molecule has 15 heavy (non-hydrogen) atoms. The van der Waals surface area contributed by atoms with Crippen LogP contribution in [0.1, 0.15) is 25.0 Å². The van der Waals surface area contributed by atoms with Crippen LogP contribution < -0.4 is 5.73 Å². The number of rotatable bonds is 5. The van der Waals surface area contributed by atoms with Gasteiger partial charge in [-0.15, -0.1) is 0 Å². The van der Waals surface area contributed by atoms with Crippen molar-refractivity contribution in [3.05, 3.63) is 29.3 Å². The summed E-state index contributed by atoms with van der Waals surface area (Å²) in [6.07, 6.45) is 1.05. The lowest BCUT2D eigenvalue weighted by Crippen LogP contribution is -2.25. The molecule has 1 aromatic rings. The molecule has 0 bridgehead atoms. The molecule has 0 atom stereocenters. The number of aryl methyl sites for hydroxylation is 1. The van der Waals surface area contributed by atoms with E-state index in [0.29, 0.717) is 0 Å². The van der Waals surface area contributed by atoms with Gasteiger partial charge in [0.1, 0.15) is 0 Å². The number of hydrogen-bond donors (Lipinski definition) is 1. The number of nitrogen functional groups attached to an aromatic ring is 1. The summed E-state index contributed by atoms with van der Waals surface area (Å²) in [7, 11) is 0. The molecule has 0 saturated heterocycles. The Bertz CT molecular complexity index is 303. The van der Waals surface area contributed by atoms with Crippen molar-refractivity contribution in [1.29, 1.82) is 0 Å². The van der Waals surface area contributed by atoms with Crippen LogP contribution in [0.25, 0.3) is 0 Å². The predicted molar refractivity (Wildman–Crippen MR) is 67.1 cm³/mol. The molecule has 0 aromatic heterocycles. The van der Waals surface area contributed by atoms with E-state index in [4.69, 9.17) is 5.73 Å². The summed E-state index contributed by atoms with van der Waals surface area (Å²) < 4.78 is 0. The zero-order valence-corrected chi connectivity index (χ0v) is 10.1. The van der Waals surface area contributed by atoms with Crippen LogP contribution in [0, 0.1) is 6.92 Å². The fraction of sp³-hybridized carbons (Fsp3) is 0.538. The third-order valence-electron chi connectivity index (χ3n) is 2.89. The van der Waals surface area contributed by atoms with Crippen LogP contribution in [0.15, 0.2) is 18.2 Å². The summed E-state index contributed by atoms with van der Waals surface area (Å²) in [4.78, 5) is 2.42. The number of likely N-dealkylation sites (N-methyl/N-ethyl adjacent to an activating group) is 1. The predicted octanol–water partition coefficient (Wildman–Crippen LogP) is 2.46. The highest BCUT2D eigenvalue weighted by Crippen LogP contribution is 2.14. The first-order valence-electron chi connectivity index (χ1n) is 5.74. The van der Waals surface area contributed by atoms with E-state index >= 15 is 0 Å². The summed E-state index contributed by atoms with van der Waals surface area (Å²) in [5.41, 5.74) is 9.43. The second-order valence-electron chi connectivity index (χ2n) is 3.98. The number of nitrogens with zero attached hydrogens (tertiary/aromatic N) is 1. The van der Waals surface area contributed by atoms with Gasteiger partial charge in [0.2, 0.25) is 0 Å². The van der Waals surface area contributed by atoms with E-state index in [9.17, 15) is 0 Å². The smallest absolute Gasteiger partial charge is 0.0347 e. The van der Waals surface area contributed by atoms with Crippen molar-refractivity contribution in [2.75, 3.05) is 25.4 Å². The zero-order valence-electron chi connectivity index (χ0n) is 10.1. The van der Waals surface area contributed by atoms with Crippen LogP contribution in [-0.2, 0) is 6.42 Å². The number of hydrogen-bond acceptors (Lipinski definition) is 2. The van der Waals surface area contributed by atoms with Gasteiger partial charge in [-0.2, -0.15) is 0 Å². The van der Waals surface area contributed by atoms with E-state index in [-0.39, 0.29) is 0 Å². The van der Waals surface area contributed by atoms with Crippen LogP contribution in [0.3, 0.4) is 0 Å². The van der Waals surface area contributed by atoms with E-state index in [1.807, 2.05) is 6.07 Å². The van der Waals surface area contributed by atoms with Crippen molar-refractivity contribution < 1.29 is 0 Å². The minimum absolute atomic E-state index is 0.924. The van der Waals surface area contributed by atoms with E-state index < -0.39 is 0 Å². The molecule has 0 saturated carbocycles. The van der Waals surface area contributed by atoms with Crippen molar-refractivity contribution in [2.45, 2.75) is 27.2 Å². The minimum atomic E-state index is 0.924. The molecule has 0 unspecified atom stereocenters. The Kier molecular flexibility index (Phi) is 4.63. The molecule has 84 valence electrons. The monoisotopic (exact) mass is 206 g/mol. The van der Waals surface area contributed by atoms with Gasteiger partial charge in [0, 0.05) is 12.2 Å². The number of anilines is 1. The first kappa shape index (κ1) is 12.1. The van der Waals surface area contributed by atoms with Crippen molar-refractivity contribution in [3.8, 4) is 0 Å². The third kappa shape index (κ3) is 3.56. The summed E-state index contributed by atoms with van der Waals surface area (Å²) >= 11 is 0. The Morgan fingerprint density at radius 3 is 2.47 bits per heavy atom. The largest absolute Gasteiger partial charge is 0.399 e. The first-order valence-corrected chi connectivity index (χ1v) is 5.74. The molecule has 2 N–H and O–H groups in total. The summed E-state index contributed by atoms with van der Waals surface area (Å²) in [5.74, 6) is 0. The molecule has 0 radical (unpaired) electrons. The highest BCUT2D eigenvalue weighted by molar-refractivity contribution is 5.48. The van der Waals surface area contributed by atoms with E-state index in [0.717, 1.165) is 31.7 Å². The molecule has 0 fully saturated rings. The molecular weight excluding hydrogens is 184 g/mol. The second-order valence-corrected chi connectivity index (χ2v) is 3.98. The van der Waals surface area contributed by atoms with Crippen molar-refractivity contribution in [3.63, 3.8) is 0 Å². The van der Waals surface area contributed by atoms with Gasteiger partial charge in [0.25, 0.3) is 0 Å². The molecule has 0 aliphatic heterocycles. The van der Waals surface area contributed by atoms with E-state index in [2.05, 4.69) is 37.8 Å². The molecule has 0 aliphatic carbocycles. The van der Waals surface area contributed by atoms with Crippen LogP contribution in [-0.4, -0.2) is 24.5 Å². The molecule has 0 amide bonds. The highest BCUT2D eigenvalue weighted by atomic mass is 15.1. The Labute approximate surface area is 93.1 Å². The van der Waals surface area contributed by atoms with Gasteiger partial charge in [-0.3, -0.25) is 0 Å². The molecule has 1 aromatic carbocycles. The first-order chi connectivity index (χ1) is 7.17. The van der Waals surface area contributed by atoms with Crippen molar-refractivity contribution >= 4 is 5.69 Å². The Hall–Kier alpha value is -1.02. The minimum Gasteiger partial charge on any atom is -0.399 e. The molecule has 2 heteroatoms. The highest BCUT2D eigenvalue weighted by Gasteiger charge is 2.03. The lowest BCUT2D eigenvalue weighted by molar-refractivity contribution is 0.308. The van der Waals surface area contributed by atoms with Gasteiger partial charge in [-0.05, 0) is 38.1 Å². The van der Waals surface area contributed by atoms with Crippen LogP contribution >= 0.6 is 0 Å². The average molecular weight is 206 g/mol. The molecule has 0 heterocycles. The van der Waals surface area contributed by atoms with Gasteiger partial charge in [-0.1, -0.05) is 31.5 Å². The maximum Gasteiger partial charge on any atom is 0.0347 e. The van der Waals surface area contributed by atoms with E-state index in [1.54, 1.807) is 0 Å². The van der Waals surface area contributed by atoms with Gasteiger partial charge < -0.3 is 10.6 Å². The van der Waals surface area contributed by atoms with Crippen molar-refractivity contribution in [1.82, 2.24) is 4.90 Å². The quantitative estimate of drug-likeness (QED) is 0.750. The maximum absolute atomic E-state index is 5.94. The Balaban J connectivity index is 2.60. The topological polar surface area (TPSA) is 29.3 Å². The number of benzene rings is 1. The third-order valence-corrected chi connectivity index (χ3v) is 2.89. The van der Waals surface area contributed by atoms with Crippen LogP contribution in [0.4, 0.5) is 5.69 Å². The molecular formula is C13H22N2. The SMILES string of the molecule is CCN(CC)CCc1cc(C)ccc1N. The molecule has 0 aliphatic rings. The fourth-order valence-corrected chi connectivity index (χ4v) is 1.77. The molecule has 2 nitrogen and oxygen atoms in total. The Morgan fingerprint density at radius 2 is 1.87 bits per heavy atom. The second kappa shape index (κ2) is 5.76. The molecule has 1 rings (SSSR count). The number of nitrogens with two attached hydrogens (primary N) is 1. The molecule has 0 spiro atoms. The summed E-state index contributed by atoms with van der Waals surface area (Å²) in [6.45, 7) is 9.83.